The van der Waals surface area contributed by atoms with Crippen LogP contribution in [0, 0.1) is 0 Å². The third-order valence-electron chi connectivity index (χ3n) is 5.33. The first-order valence-electron chi connectivity index (χ1n) is 9.63. The summed E-state index contributed by atoms with van der Waals surface area (Å²) in [6.45, 7) is 1.51. The Bertz CT molecular complexity index is 1020. The lowest BCUT2D eigenvalue weighted by Crippen LogP contribution is -2.28. The van der Waals surface area contributed by atoms with Gasteiger partial charge in [-0.25, -0.2) is 4.68 Å². The second kappa shape index (κ2) is 6.71. The van der Waals surface area contributed by atoms with E-state index in [2.05, 4.69) is 15.3 Å². The molecular weight excluding hydrogens is 352 g/mol. The van der Waals surface area contributed by atoms with E-state index >= 15 is 0 Å². The predicted molar refractivity (Wildman–Crippen MR) is 109 cm³/mol. The van der Waals surface area contributed by atoms with Crippen molar-refractivity contribution >= 4 is 17.3 Å². The van der Waals surface area contributed by atoms with E-state index in [0.717, 1.165) is 47.9 Å². The summed E-state index contributed by atoms with van der Waals surface area (Å²) in [4.78, 5) is 15.2. The van der Waals surface area contributed by atoms with Crippen molar-refractivity contribution in [2.45, 2.75) is 18.8 Å². The lowest BCUT2D eigenvalue weighted by atomic mass is 10.1. The van der Waals surface area contributed by atoms with E-state index in [1.54, 1.807) is 6.20 Å². The third kappa shape index (κ3) is 3.01. The standard InChI is InChI=1S/C22H22N4O2/c1-25-11-12-28-20-10-9-16(13-19(20)25)24-22(27)18-14-23-26(21(18)15-7-8-15)17-5-3-2-4-6-17/h2-6,9-10,13-15H,7-8,11-12H2,1H3,(H,24,27). The van der Waals surface area contributed by atoms with Gasteiger partial charge in [0.25, 0.3) is 5.91 Å². The Kier molecular flexibility index (Phi) is 4.04. The highest BCUT2D eigenvalue weighted by Gasteiger charge is 2.33. The van der Waals surface area contributed by atoms with Gasteiger partial charge in [-0.3, -0.25) is 4.79 Å². The SMILES string of the molecule is CN1CCOc2ccc(NC(=O)c3cnn(-c4ccccc4)c3C3CC3)cc21. The van der Waals surface area contributed by atoms with Crippen LogP contribution in [-0.2, 0) is 0 Å². The van der Waals surface area contributed by atoms with Gasteiger partial charge >= 0.3 is 0 Å². The van der Waals surface area contributed by atoms with Crippen LogP contribution in [0.5, 0.6) is 5.75 Å². The smallest absolute Gasteiger partial charge is 0.259 e. The molecule has 1 aliphatic carbocycles. The van der Waals surface area contributed by atoms with Gasteiger partial charge < -0.3 is 15.0 Å². The quantitative estimate of drug-likeness (QED) is 0.754. The Hall–Kier alpha value is -3.28. The van der Waals surface area contributed by atoms with E-state index in [1.807, 2.05) is 60.3 Å². The van der Waals surface area contributed by atoms with Gasteiger partial charge in [0.05, 0.1) is 35.4 Å². The summed E-state index contributed by atoms with van der Waals surface area (Å²) < 4.78 is 7.59. The maximum atomic E-state index is 13.1. The molecule has 2 heterocycles. The molecule has 0 unspecified atom stereocenters. The van der Waals surface area contributed by atoms with E-state index in [0.29, 0.717) is 18.1 Å². The first kappa shape index (κ1) is 16.9. The molecule has 0 saturated heterocycles. The molecule has 1 aliphatic heterocycles. The molecule has 1 fully saturated rings. The Balaban J connectivity index is 1.45. The topological polar surface area (TPSA) is 59.4 Å². The molecule has 1 saturated carbocycles. The number of nitrogens with zero attached hydrogens (tertiary/aromatic N) is 3. The molecule has 28 heavy (non-hydrogen) atoms. The summed E-state index contributed by atoms with van der Waals surface area (Å²) >= 11 is 0. The number of likely N-dealkylation sites (N-methyl/N-ethyl adjacent to an activating group) is 1. The van der Waals surface area contributed by atoms with Crippen LogP contribution in [0.25, 0.3) is 5.69 Å². The molecule has 6 heteroatoms. The molecule has 3 aromatic rings. The number of amides is 1. The number of rotatable bonds is 4. The van der Waals surface area contributed by atoms with Gasteiger partial charge in [0.15, 0.2) is 0 Å². The Morgan fingerprint density at radius 3 is 2.79 bits per heavy atom. The van der Waals surface area contributed by atoms with Crippen LogP contribution in [-0.4, -0.2) is 35.9 Å². The summed E-state index contributed by atoms with van der Waals surface area (Å²) in [5.74, 6) is 1.12. The van der Waals surface area contributed by atoms with Crippen molar-refractivity contribution in [3.05, 3.63) is 66.0 Å². The van der Waals surface area contributed by atoms with Crippen molar-refractivity contribution in [2.75, 3.05) is 30.4 Å². The van der Waals surface area contributed by atoms with Crippen LogP contribution >= 0.6 is 0 Å². The zero-order valence-electron chi connectivity index (χ0n) is 15.8. The van der Waals surface area contributed by atoms with Gasteiger partial charge in [-0.1, -0.05) is 18.2 Å². The lowest BCUT2D eigenvalue weighted by molar-refractivity contribution is 0.102. The van der Waals surface area contributed by atoms with Crippen molar-refractivity contribution < 1.29 is 9.53 Å². The van der Waals surface area contributed by atoms with Crippen molar-refractivity contribution in [3.63, 3.8) is 0 Å². The zero-order chi connectivity index (χ0) is 19.1. The van der Waals surface area contributed by atoms with E-state index in [-0.39, 0.29) is 5.91 Å². The highest BCUT2D eigenvalue weighted by Crippen LogP contribution is 2.42. The highest BCUT2D eigenvalue weighted by atomic mass is 16.5. The predicted octanol–water partition coefficient (Wildman–Crippen LogP) is 3.83. The summed E-state index contributed by atoms with van der Waals surface area (Å²) in [6, 6.07) is 15.7. The molecular formula is C22H22N4O2. The van der Waals surface area contributed by atoms with Crippen molar-refractivity contribution in [3.8, 4) is 11.4 Å². The van der Waals surface area contributed by atoms with Crippen LogP contribution in [0.15, 0.2) is 54.7 Å². The summed E-state index contributed by atoms with van der Waals surface area (Å²) in [6.07, 6.45) is 3.88. The lowest BCUT2D eigenvalue weighted by Gasteiger charge is -2.28. The third-order valence-corrected chi connectivity index (χ3v) is 5.33. The number of anilines is 2. The van der Waals surface area contributed by atoms with Gasteiger partial charge in [-0.15, -0.1) is 0 Å². The number of carbonyl (C=O) groups excluding carboxylic acids is 1. The number of aromatic nitrogens is 2. The average molecular weight is 374 g/mol. The highest BCUT2D eigenvalue weighted by molar-refractivity contribution is 6.05. The van der Waals surface area contributed by atoms with Gasteiger partial charge in [-0.2, -0.15) is 5.10 Å². The molecule has 0 radical (unpaired) electrons. The first-order chi connectivity index (χ1) is 13.7. The number of fused-ring (bicyclic) bond motifs is 1. The van der Waals surface area contributed by atoms with E-state index < -0.39 is 0 Å². The number of benzene rings is 2. The van der Waals surface area contributed by atoms with Crippen LogP contribution < -0.4 is 15.0 Å². The fourth-order valence-electron chi connectivity index (χ4n) is 3.68. The van der Waals surface area contributed by atoms with Crippen molar-refractivity contribution in [1.82, 2.24) is 9.78 Å². The fourth-order valence-corrected chi connectivity index (χ4v) is 3.68. The number of para-hydroxylation sites is 1. The number of nitrogens with one attached hydrogen (secondary N) is 1. The van der Waals surface area contributed by atoms with Gasteiger partial charge in [0.1, 0.15) is 12.4 Å². The van der Waals surface area contributed by atoms with E-state index in [1.165, 1.54) is 0 Å². The maximum absolute atomic E-state index is 13.1. The van der Waals surface area contributed by atoms with Gasteiger partial charge in [0, 0.05) is 18.7 Å². The summed E-state index contributed by atoms with van der Waals surface area (Å²) in [5.41, 5.74) is 4.38. The fraction of sp³-hybridized carbons (Fsp3) is 0.273. The van der Waals surface area contributed by atoms with E-state index in [4.69, 9.17) is 4.74 Å². The Labute approximate surface area is 163 Å². The molecule has 0 spiro atoms. The van der Waals surface area contributed by atoms with E-state index in [9.17, 15) is 4.79 Å². The zero-order valence-corrected chi connectivity index (χ0v) is 15.8. The minimum atomic E-state index is -0.122. The number of hydrogen-bond donors (Lipinski definition) is 1. The molecule has 142 valence electrons. The Morgan fingerprint density at radius 1 is 1.18 bits per heavy atom. The first-order valence-corrected chi connectivity index (χ1v) is 9.63. The normalized spacial score (nSPS) is 15.7. The summed E-state index contributed by atoms with van der Waals surface area (Å²) in [7, 11) is 2.03. The molecule has 0 atom stereocenters. The average Bonchev–Trinajstić information content (AvgIpc) is 3.47. The largest absolute Gasteiger partial charge is 0.490 e. The molecule has 2 aromatic carbocycles. The molecule has 1 N–H and O–H groups in total. The number of hydrogen-bond acceptors (Lipinski definition) is 4. The minimum Gasteiger partial charge on any atom is -0.490 e. The molecule has 1 aromatic heterocycles. The minimum absolute atomic E-state index is 0.122. The van der Waals surface area contributed by atoms with Gasteiger partial charge in [0.2, 0.25) is 0 Å². The van der Waals surface area contributed by atoms with Crippen LogP contribution in [0.2, 0.25) is 0 Å². The van der Waals surface area contributed by atoms with Crippen molar-refractivity contribution in [2.24, 2.45) is 0 Å². The molecule has 5 rings (SSSR count). The second-order valence-electron chi connectivity index (χ2n) is 7.37. The number of ether oxygens (including phenoxy) is 1. The Morgan fingerprint density at radius 2 is 2.00 bits per heavy atom. The monoisotopic (exact) mass is 374 g/mol. The van der Waals surface area contributed by atoms with Crippen molar-refractivity contribution in [1.29, 1.82) is 0 Å². The summed E-state index contributed by atoms with van der Waals surface area (Å²) in [5, 5.41) is 7.56. The van der Waals surface area contributed by atoms with Crippen LogP contribution in [0.1, 0.15) is 34.8 Å². The number of carbonyl (C=O) groups is 1. The maximum Gasteiger partial charge on any atom is 0.259 e. The van der Waals surface area contributed by atoms with Crippen LogP contribution in [0.3, 0.4) is 0 Å². The molecule has 2 aliphatic rings. The molecule has 6 nitrogen and oxygen atoms in total. The molecule has 0 bridgehead atoms. The van der Waals surface area contributed by atoms with Gasteiger partial charge in [-0.05, 0) is 43.2 Å². The second-order valence-corrected chi connectivity index (χ2v) is 7.37. The van der Waals surface area contributed by atoms with Crippen LogP contribution in [0.4, 0.5) is 11.4 Å². The molecule has 1 amide bonds.